The molecule has 3 aliphatic rings. The molecule has 1 fully saturated rings. The second-order valence-electron chi connectivity index (χ2n) is 13.0. The molecule has 1 saturated heterocycles. The molecule has 0 unspecified atom stereocenters. The quantitative estimate of drug-likeness (QED) is 0.365. The first-order valence-electron chi connectivity index (χ1n) is 14.1. The lowest BCUT2D eigenvalue weighted by atomic mass is 9.65. The zero-order valence-electron chi connectivity index (χ0n) is 24.4. The lowest BCUT2D eigenvalue weighted by Gasteiger charge is -2.44. The molecule has 0 aromatic carbocycles. The van der Waals surface area contributed by atoms with Crippen LogP contribution in [0.4, 0.5) is 0 Å². The zero-order chi connectivity index (χ0) is 28.0. The molecule has 0 amide bonds. The maximum atomic E-state index is 12.9. The Kier molecular flexibility index (Phi) is 11.4. The fraction of sp³-hybridized carbons (Fsp3) is 0.800. The van der Waals surface area contributed by atoms with E-state index in [0.29, 0.717) is 24.2 Å². The summed E-state index contributed by atoms with van der Waals surface area (Å²) in [7, 11) is 6.16. The number of likely N-dealkylation sites (N-methyl/N-ethyl adjacent to an activating group) is 1. The van der Waals surface area contributed by atoms with E-state index in [4.69, 9.17) is 14.6 Å². The van der Waals surface area contributed by atoms with Crippen molar-refractivity contribution >= 4 is 11.9 Å². The number of aliphatic hydroxyl groups excluding tert-OH is 2. The molecule has 2 N–H and O–H groups in total. The van der Waals surface area contributed by atoms with Crippen LogP contribution in [0.5, 0.6) is 0 Å². The highest BCUT2D eigenvalue weighted by Gasteiger charge is 2.43. The summed E-state index contributed by atoms with van der Waals surface area (Å²) in [6.07, 6.45) is 9.61. The Bertz CT molecular complexity index is 826. The van der Waals surface area contributed by atoms with E-state index >= 15 is 0 Å². The third-order valence-corrected chi connectivity index (χ3v) is 8.12. The van der Waals surface area contributed by atoms with Crippen molar-refractivity contribution in [1.29, 1.82) is 0 Å². The summed E-state index contributed by atoms with van der Waals surface area (Å²) in [5.74, 6) is 0.776. The molecular formula is C30H52NO6+. The normalized spacial score (nSPS) is 31.9. The molecule has 7 atom stereocenters. The van der Waals surface area contributed by atoms with Crippen molar-refractivity contribution in [2.24, 2.45) is 29.1 Å². The Labute approximate surface area is 224 Å². The van der Waals surface area contributed by atoms with Crippen molar-refractivity contribution in [1.82, 2.24) is 0 Å². The van der Waals surface area contributed by atoms with Gasteiger partial charge >= 0.3 is 11.9 Å². The van der Waals surface area contributed by atoms with Crippen LogP contribution in [0.15, 0.2) is 23.8 Å². The number of aliphatic hydroxyl groups is 2. The number of cyclic esters (lactones) is 1. The predicted molar refractivity (Wildman–Crippen MR) is 145 cm³/mol. The fourth-order valence-corrected chi connectivity index (χ4v) is 5.38. The van der Waals surface area contributed by atoms with E-state index in [1.54, 1.807) is 0 Å². The molecule has 1 heterocycles. The van der Waals surface area contributed by atoms with E-state index in [1.165, 1.54) is 5.57 Å². The standard InChI is InChI=1S/C25H38O5.C5H14NO/c1-6-25(4,5)24(28)30-21-12-15(2)11-17-8-7-16(3)20(23(17)21)10-9-19-13-18(26)14-22(27)29-19;1-6(2,3)4-5-7/h7-8,11,15-16,18-21,23,26H,6,9-10,12-14H2,1-5H3;7H,4-5H2,1-3H3/q;+1/t15-,16-,18+,19+,20-,21-,23-;/m0./s1. The number of hydrogen-bond acceptors (Lipinski definition) is 6. The van der Waals surface area contributed by atoms with Crippen molar-refractivity contribution < 1.29 is 33.8 Å². The highest BCUT2D eigenvalue weighted by molar-refractivity contribution is 5.76. The lowest BCUT2D eigenvalue weighted by molar-refractivity contribution is -0.870. The third-order valence-electron chi connectivity index (χ3n) is 8.12. The number of carbonyl (C=O) groups excluding carboxylic acids is 2. The number of rotatable bonds is 8. The largest absolute Gasteiger partial charge is 0.462 e. The van der Waals surface area contributed by atoms with Gasteiger partial charge in [-0.3, -0.25) is 9.59 Å². The van der Waals surface area contributed by atoms with E-state index in [0.717, 1.165) is 36.7 Å². The van der Waals surface area contributed by atoms with Crippen LogP contribution in [-0.2, 0) is 19.1 Å². The second-order valence-corrected chi connectivity index (χ2v) is 13.0. The van der Waals surface area contributed by atoms with E-state index in [9.17, 15) is 14.7 Å². The van der Waals surface area contributed by atoms with Crippen molar-refractivity contribution in [3.8, 4) is 0 Å². The zero-order valence-corrected chi connectivity index (χ0v) is 24.4. The minimum absolute atomic E-state index is 0.0949. The first kappa shape index (κ1) is 31.5. The number of esters is 2. The Morgan fingerprint density at radius 3 is 2.41 bits per heavy atom. The maximum absolute atomic E-state index is 12.9. The molecule has 37 heavy (non-hydrogen) atoms. The van der Waals surface area contributed by atoms with E-state index < -0.39 is 11.5 Å². The summed E-state index contributed by atoms with van der Waals surface area (Å²) < 4.78 is 12.5. The van der Waals surface area contributed by atoms with Gasteiger partial charge in [0.1, 0.15) is 18.8 Å². The monoisotopic (exact) mass is 522 g/mol. The highest BCUT2D eigenvalue weighted by Crippen LogP contribution is 2.45. The molecule has 2 aliphatic carbocycles. The number of quaternary nitrogens is 1. The van der Waals surface area contributed by atoms with Crippen LogP contribution in [0.3, 0.4) is 0 Å². The van der Waals surface area contributed by atoms with Gasteiger partial charge < -0.3 is 24.2 Å². The predicted octanol–water partition coefficient (Wildman–Crippen LogP) is 4.27. The minimum Gasteiger partial charge on any atom is -0.462 e. The molecule has 0 radical (unpaired) electrons. The van der Waals surface area contributed by atoms with Crippen molar-refractivity contribution in [3.63, 3.8) is 0 Å². The fourth-order valence-electron chi connectivity index (χ4n) is 5.38. The Hall–Kier alpha value is -1.70. The maximum Gasteiger partial charge on any atom is 0.311 e. The smallest absolute Gasteiger partial charge is 0.311 e. The van der Waals surface area contributed by atoms with Gasteiger partial charge in [-0.05, 0) is 62.9 Å². The van der Waals surface area contributed by atoms with Crippen LogP contribution < -0.4 is 0 Å². The molecule has 3 rings (SSSR count). The summed E-state index contributed by atoms with van der Waals surface area (Å²) in [4.78, 5) is 24.6. The molecule has 0 spiro atoms. The van der Waals surface area contributed by atoms with Gasteiger partial charge in [0.05, 0.1) is 45.7 Å². The van der Waals surface area contributed by atoms with E-state index in [1.807, 2.05) is 20.8 Å². The van der Waals surface area contributed by atoms with Gasteiger partial charge in [0.15, 0.2) is 0 Å². The van der Waals surface area contributed by atoms with Crippen LogP contribution in [0.1, 0.15) is 73.1 Å². The van der Waals surface area contributed by atoms with Crippen molar-refractivity contribution in [2.45, 2.75) is 91.5 Å². The summed E-state index contributed by atoms with van der Waals surface area (Å²) in [6.45, 7) is 11.4. The summed E-state index contributed by atoms with van der Waals surface area (Å²) in [6, 6.07) is 0. The summed E-state index contributed by atoms with van der Waals surface area (Å²) in [5, 5.41) is 18.3. The molecule has 7 nitrogen and oxygen atoms in total. The van der Waals surface area contributed by atoms with E-state index in [-0.39, 0.29) is 43.1 Å². The number of hydrogen-bond donors (Lipinski definition) is 2. The molecule has 0 aromatic rings. The van der Waals surface area contributed by atoms with Crippen LogP contribution in [0.2, 0.25) is 0 Å². The summed E-state index contributed by atoms with van der Waals surface area (Å²) >= 11 is 0. The van der Waals surface area contributed by atoms with Gasteiger partial charge in [-0.15, -0.1) is 0 Å². The minimum atomic E-state index is -0.601. The van der Waals surface area contributed by atoms with Crippen LogP contribution >= 0.6 is 0 Å². The number of fused-ring (bicyclic) bond motifs is 1. The Balaban J connectivity index is 0.000000604. The van der Waals surface area contributed by atoms with Crippen molar-refractivity contribution in [2.75, 3.05) is 34.3 Å². The topological polar surface area (TPSA) is 93.1 Å². The number of carbonyl (C=O) groups is 2. The highest BCUT2D eigenvalue weighted by atomic mass is 16.6. The Morgan fingerprint density at radius 2 is 1.86 bits per heavy atom. The molecule has 1 aliphatic heterocycles. The van der Waals surface area contributed by atoms with Crippen molar-refractivity contribution in [3.05, 3.63) is 23.8 Å². The number of nitrogens with zero attached hydrogens (tertiary/aromatic N) is 1. The third kappa shape index (κ3) is 9.52. The molecular weight excluding hydrogens is 470 g/mol. The average molecular weight is 523 g/mol. The van der Waals surface area contributed by atoms with Gasteiger partial charge in [0.2, 0.25) is 0 Å². The molecule has 0 aromatic heterocycles. The lowest BCUT2D eigenvalue weighted by Crippen LogP contribution is -2.43. The first-order chi connectivity index (χ1) is 17.2. The molecule has 212 valence electrons. The first-order valence-corrected chi connectivity index (χ1v) is 14.1. The van der Waals surface area contributed by atoms with Crippen LogP contribution in [0.25, 0.3) is 0 Å². The number of allylic oxidation sites excluding steroid dienone is 3. The van der Waals surface area contributed by atoms with Gasteiger partial charge in [-0.1, -0.05) is 39.0 Å². The average Bonchev–Trinajstić information content (AvgIpc) is 2.77. The van der Waals surface area contributed by atoms with Gasteiger partial charge in [-0.25, -0.2) is 0 Å². The number of ether oxygens (including phenoxy) is 2. The molecule has 7 heteroatoms. The van der Waals surface area contributed by atoms with Gasteiger partial charge in [0.25, 0.3) is 0 Å². The van der Waals surface area contributed by atoms with Crippen LogP contribution in [0, 0.1) is 29.1 Å². The molecule has 0 bridgehead atoms. The summed E-state index contributed by atoms with van der Waals surface area (Å²) in [5.41, 5.74) is 0.785. The second kappa shape index (κ2) is 13.4. The molecule has 0 saturated carbocycles. The SMILES string of the molecule is CCC(C)(C)C(=O)O[C@H]1C[C@@H](C)C=C2C=C[C@H](C)[C@H](CC[C@@H]3C[C@@H](O)CC(=O)O3)[C@H]21.C[N+](C)(C)CCO. The van der Waals surface area contributed by atoms with Gasteiger partial charge in [-0.2, -0.15) is 0 Å². The van der Waals surface area contributed by atoms with Crippen LogP contribution in [-0.4, -0.2) is 79.2 Å². The van der Waals surface area contributed by atoms with Gasteiger partial charge in [0, 0.05) is 12.3 Å². The Morgan fingerprint density at radius 1 is 1.19 bits per heavy atom. The van der Waals surface area contributed by atoms with E-state index in [2.05, 4.69) is 53.2 Å².